The summed E-state index contributed by atoms with van der Waals surface area (Å²) in [4.78, 5) is 13.5. The number of rotatable bonds is 5. The Morgan fingerprint density at radius 1 is 1.37 bits per heavy atom. The lowest BCUT2D eigenvalue weighted by Gasteiger charge is -2.22. The molecule has 0 aliphatic carbocycles. The minimum Gasteiger partial charge on any atom is -0.399 e. The lowest BCUT2D eigenvalue weighted by atomic mass is 10.2. The van der Waals surface area contributed by atoms with Gasteiger partial charge in [-0.15, -0.1) is 0 Å². The van der Waals surface area contributed by atoms with Crippen LogP contribution in [0.15, 0.2) is 12.1 Å². The summed E-state index contributed by atoms with van der Waals surface area (Å²) in [6.07, 6.45) is 0. The molecular formula is C13H19Cl2N3O. The zero-order valence-electron chi connectivity index (χ0n) is 11.3. The van der Waals surface area contributed by atoms with Crippen LogP contribution in [0.25, 0.3) is 0 Å². The molecule has 0 saturated carbocycles. The number of hydrogen-bond donors (Lipinski definition) is 2. The van der Waals surface area contributed by atoms with Crippen LogP contribution in [0.2, 0.25) is 10.0 Å². The Labute approximate surface area is 123 Å². The maximum Gasteiger partial charge on any atom is 0.239 e. The topological polar surface area (TPSA) is 58.4 Å². The molecule has 0 fully saturated rings. The number of likely N-dealkylation sites (N-methyl/N-ethyl adjacent to an activating group) is 1. The Morgan fingerprint density at radius 2 is 1.89 bits per heavy atom. The van der Waals surface area contributed by atoms with Gasteiger partial charge in [-0.05, 0) is 18.1 Å². The van der Waals surface area contributed by atoms with Crippen LogP contribution in [0.5, 0.6) is 0 Å². The van der Waals surface area contributed by atoms with Gasteiger partial charge in [-0.25, -0.2) is 0 Å². The molecule has 4 nitrogen and oxygen atoms in total. The summed E-state index contributed by atoms with van der Waals surface area (Å²) in [5.41, 5.74) is 6.75. The average Bonchev–Trinajstić information content (AvgIpc) is 2.24. The van der Waals surface area contributed by atoms with E-state index in [4.69, 9.17) is 28.9 Å². The molecule has 106 valence electrons. The SMILES string of the molecule is CC(C)CNC(=O)CN(C)c1c(Cl)cc(N)cc1Cl. The maximum absolute atomic E-state index is 11.8. The number of nitrogens with two attached hydrogens (primary N) is 1. The van der Waals surface area contributed by atoms with Crippen LogP contribution in [0.3, 0.4) is 0 Å². The highest BCUT2D eigenvalue weighted by molar-refractivity contribution is 6.39. The smallest absolute Gasteiger partial charge is 0.239 e. The van der Waals surface area contributed by atoms with Gasteiger partial charge in [0, 0.05) is 19.3 Å². The highest BCUT2D eigenvalue weighted by atomic mass is 35.5. The van der Waals surface area contributed by atoms with Gasteiger partial charge in [0.25, 0.3) is 0 Å². The van der Waals surface area contributed by atoms with Crippen molar-refractivity contribution in [2.45, 2.75) is 13.8 Å². The molecule has 6 heteroatoms. The molecule has 3 N–H and O–H groups in total. The summed E-state index contributed by atoms with van der Waals surface area (Å²) in [6, 6.07) is 3.23. The fourth-order valence-corrected chi connectivity index (χ4v) is 2.41. The highest BCUT2D eigenvalue weighted by Crippen LogP contribution is 2.35. The van der Waals surface area contributed by atoms with E-state index in [9.17, 15) is 4.79 Å². The van der Waals surface area contributed by atoms with Crippen LogP contribution in [-0.2, 0) is 4.79 Å². The number of nitrogen functional groups attached to an aromatic ring is 1. The number of amides is 1. The molecule has 0 aliphatic heterocycles. The zero-order chi connectivity index (χ0) is 14.6. The third kappa shape index (κ3) is 4.80. The van der Waals surface area contributed by atoms with E-state index in [1.165, 1.54) is 0 Å². The van der Waals surface area contributed by atoms with Crippen LogP contribution in [-0.4, -0.2) is 26.0 Å². The number of nitrogens with zero attached hydrogens (tertiary/aromatic N) is 1. The monoisotopic (exact) mass is 303 g/mol. The normalized spacial score (nSPS) is 10.6. The van der Waals surface area contributed by atoms with Gasteiger partial charge in [0.2, 0.25) is 5.91 Å². The molecule has 0 bridgehead atoms. The van der Waals surface area contributed by atoms with Crippen LogP contribution >= 0.6 is 23.2 Å². The Bertz CT molecular complexity index is 440. The number of carbonyl (C=O) groups is 1. The molecule has 0 unspecified atom stereocenters. The van der Waals surface area contributed by atoms with Crippen LogP contribution < -0.4 is 16.0 Å². The summed E-state index contributed by atoms with van der Waals surface area (Å²) in [5, 5.41) is 3.71. The van der Waals surface area contributed by atoms with Crippen molar-refractivity contribution in [1.82, 2.24) is 5.32 Å². The lowest BCUT2D eigenvalue weighted by molar-refractivity contribution is -0.119. The van der Waals surface area contributed by atoms with E-state index in [2.05, 4.69) is 5.32 Å². The summed E-state index contributed by atoms with van der Waals surface area (Å²) in [7, 11) is 1.76. The van der Waals surface area contributed by atoms with Crippen molar-refractivity contribution in [3.8, 4) is 0 Å². The molecule has 1 rings (SSSR count). The average molecular weight is 304 g/mol. The molecule has 1 aromatic carbocycles. The fraction of sp³-hybridized carbons (Fsp3) is 0.462. The van der Waals surface area contributed by atoms with Crippen LogP contribution in [0, 0.1) is 5.92 Å². The number of hydrogen-bond acceptors (Lipinski definition) is 3. The minimum absolute atomic E-state index is 0.0693. The number of benzene rings is 1. The first-order chi connectivity index (χ1) is 8.81. The molecule has 0 atom stereocenters. The predicted molar refractivity (Wildman–Crippen MR) is 82.0 cm³/mol. The van der Waals surface area contributed by atoms with Crippen molar-refractivity contribution >= 4 is 40.5 Å². The van der Waals surface area contributed by atoms with E-state index in [0.29, 0.717) is 33.9 Å². The van der Waals surface area contributed by atoms with Gasteiger partial charge in [-0.1, -0.05) is 37.0 Å². The van der Waals surface area contributed by atoms with Crippen LogP contribution in [0.4, 0.5) is 11.4 Å². The Hall–Kier alpha value is -1.13. The van der Waals surface area contributed by atoms with Crippen molar-refractivity contribution < 1.29 is 4.79 Å². The first-order valence-corrected chi connectivity index (χ1v) is 6.79. The molecule has 0 aromatic heterocycles. The third-order valence-electron chi connectivity index (χ3n) is 2.51. The van der Waals surface area contributed by atoms with Gasteiger partial charge >= 0.3 is 0 Å². The summed E-state index contributed by atoms with van der Waals surface area (Å²) in [5.74, 6) is 0.345. The molecule has 0 spiro atoms. The van der Waals surface area contributed by atoms with Gasteiger partial charge in [-0.3, -0.25) is 4.79 Å². The number of halogens is 2. The molecular weight excluding hydrogens is 285 g/mol. The second-order valence-electron chi connectivity index (χ2n) is 4.89. The summed E-state index contributed by atoms with van der Waals surface area (Å²) >= 11 is 12.2. The number of nitrogens with one attached hydrogen (secondary N) is 1. The number of carbonyl (C=O) groups excluding carboxylic acids is 1. The second kappa shape index (κ2) is 6.87. The lowest BCUT2D eigenvalue weighted by Crippen LogP contribution is -2.37. The molecule has 1 aromatic rings. The summed E-state index contributed by atoms with van der Waals surface area (Å²) < 4.78 is 0. The first kappa shape index (κ1) is 15.9. The zero-order valence-corrected chi connectivity index (χ0v) is 12.8. The van der Waals surface area contributed by atoms with Crippen molar-refractivity contribution in [2.24, 2.45) is 5.92 Å². The van der Waals surface area contributed by atoms with Crippen molar-refractivity contribution in [3.63, 3.8) is 0 Å². The van der Waals surface area contributed by atoms with Crippen molar-refractivity contribution in [3.05, 3.63) is 22.2 Å². The molecule has 0 saturated heterocycles. The first-order valence-electron chi connectivity index (χ1n) is 6.03. The Balaban J connectivity index is 2.73. The largest absolute Gasteiger partial charge is 0.399 e. The van der Waals surface area contributed by atoms with Gasteiger partial charge < -0.3 is 16.0 Å². The standard InChI is InChI=1S/C13H19Cl2N3O/c1-8(2)6-17-12(19)7-18(3)13-10(14)4-9(16)5-11(13)15/h4-5,8H,6-7,16H2,1-3H3,(H,17,19). The minimum atomic E-state index is -0.0693. The maximum atomic E-state index is 11.8. The van der Waals surface area contributed by atoms with E-state index >= 15 is 0 Å². The van der Waals surface area contributed by atoms with E-state index in [0.717, 1.165) is 0 Å². The molecule has 0 heterocycles. The number of anilines is 2. The quantitative estimate of drug-likeness (QED) is 0.822. The Morgan fingerprint density at radius 3 is 2.37 bits per heavy atom. The predicted octanol–water partition coefficient (Wildman–Crippen LogP) is 2.78. The van der Waals surface area contributed by atoms with Gasteiger partial charge in [0.15, 0.2) is 0 Å². The fourth-order valence-electron chi connectivity index (χ4n) is 1.62. The van der Waals surface area contributed by atoms with Gasteiger partial charge in [0.1, 0.15) is 0 Å². The molecule has 19 heavy (non-hydrogen) atoms. The van der Waals surface area contributed by atoms with Crippen molar-refractivity contribution in [2.75, 3.05) is 30.8 Å². The van der Waals surface area contributed by atoms with Crippen molar-refractivity contribution in [1.29, 1.82) is 0 Å². The van der Waals surface area contributed by atoms with E-state index in [1.807, 2.05) is 13.8 Å². The highest BCUT2D eigenvalue weighted by Gasteiger charge is 2.14. The molecule has 1 amide bonds. The third-order valence-corrected chi connectivity index (χ3v) is 3.09. The molecule has 0 radical (unpaired) electrons. The summed E-state index contributed by atoms with van der Waals surface area (Å²) in [6.45, 7) is 4.92. The van der Waals surface area contributed by atoms with E-state index in [-0.39, 0.29) is 12.5 Å². The van der Waals surface area contributed by atoms with E-state index < -0.39 is 0 Å². The van der Waals surface area contributed by atoms with E-state index in [1.54, 1.807) is 24.1 Å². The Kier molecular flexibility index (Phi) is 5.76. The van der Waals surface area contributed by atoms with Crippen LogP contribution in [0.1, 0.15) is 13.8 Å². The molecule has 0 aliphatic rings. The second-order valence-corrected chi connectivity index (χ2v) is 5.70. The van der Waals surface area contributed by atoms with Gasteiger partial charge in [0.05, 0.1) is 22.3 Å². The van der Waals surface area contributed by atoms with Gasteiger partial charge in [-0.2, -0.15) is 0 Å².